The fourth-order valence-corrected chi connectivity index (χ4v) is 8.61. The Balaban J connectivity index is 1.15. The van der Waals surface area contributed by atoms with Crippen molar-refractivity contribution in [3.05, 3.63) is 108 Å². The number of unbranched alkanes of at least 4 members (excludes halogenated alkanes) is 6. The summed E-state index contributed by atoms with van der Waals surface area (Å²) in [5, 5.41) is 0.599. The molecule has 1 aliphatic heterocycles. The fraction of sp³-hybridized carbons (Fsp3) is 0.488. The largest absolute Gasteiger partial charge is 0.377 e. The number of benzene rings is 3. The van der Waals surface area contributed by atoms with E-state index in [4.69, 9.17) is 39.7 Å². The van der Waals surface area contributed by atoms with Crippen molar-refractivity contribution in [2.45, 2.75) is 96.2 Å². The number of rotatable bonds is 24. The summed E-state index contributed by atoms with van der Waals surface area (Å²) in [6.07, 6.45) is 6.68. The molecule has 1 aliphatic rings. The molecule has 12 heteroatoms. The zero-order valence-corrected chi connectivity index (χ0v) is 33.0. The van der Waals surface area contributed by atoms with Crippen molar-refractivity contribution in [2.75, 3.05) is 33.0 Å². The molecule has 0 aliphatic carbocycles. The summed E-state index contributed by atoms with van der Waals surface area (Å²) in [7, 11) is 0. The predicted octanol–water partition coefficient (Wildman–Crippen LogP) is 8.81. The van der Waals surface area contributed by atoms with Crippen LogP contribution < -0.4 is 0 Å². The number of carbonyl (C=O) groups is 3. The van der Waals surface area contributed by atoms with Gasteiger partial charge in [0.1, 0.15) is 5.60 Å². The molecule has 3 aromatic carbocycles. The molecular weight excluding hydrogens is 713 g/mol. The molecule has 10 nitrogen and oxygen atoms in total. The first-order chi connectivity index (χ1) is 25.5. The second-order valence-electron chi connectivity index (χ2n) is 13.8. The molecule has 0 spiro atoms. The van der Waals surface area contributed by atoms with Crippen LogP contribution in [0.4, 0.5) is 0 Å². The highest BCUT2D eigenvalue weighted by atomic mass is 32.5. The number of hydrogen-bond acceptors (Lipinski definition) is 10. The van der Waals surface area contributed by atoms with E-state index >= 15 is 0 Å². The Kier molecular flexibility index (Phi) is 17.3. The van der Waals surface area contributed by atoms with E-state index < -0.39 is 35.7 Å². The number of carbonyl (C=O) groups excluding carboxylic acids is 3. The molecule has 0 aromatic heterocycles. The Labute approximate surface area is 319 Å². The van der Waals surface area contributed by atoms with E-state index in [1.165, 1.54) is 0 Å². The standard InChI is InChI=1S/C41H54NO9PS/c1-40(2,3)51-52(53,48-29-19-8-6-4-5-7-18-26-39(45)50-42-37(43)27-28-38(42)44)49-33-31-46-30-32-47-41(34-20-12-9-13-21-34,35-22-14-10-15-23-35)36-24-16-11-17-25-36/h9-17,20-25H,4-8,18-19,26-33H2,1-3H3. The van der Waals surface area contributed by atoms with Crippen molar-refractivity contribution in [1.82, 2.24) is 5.06 Å². The van der Waals surface area contributed by atoms with Crippen LogP contribution in [0.25, 0.3) is 0 Å². The Hall–Kier alpha value is -3.28. The molecule has 1 atom stereocenters. The van der Waals surface area contributed by atoms with E-state index in [2.05, 4.69) is 36.4 Å². The smallest absolute Gasteiger partial charge is 0.333 e. The van der Waals surface area contributed by atoms with Gasteiger partial charge in [-0.3, -0.25) is 9.59 Å². The van der Waals surface area contributed by atoms with Crippen molar-refractivity contribution in [3.8, 4) is 0 Å². The third-order valence-electron chi connectivity index (χ3n) is 8.42. The first kappa shape index (κ1) is 42.5. The number of imide groups is 1. The van der Waals surface area contributed by atoms with E-state index in [0.29, 0.717) is 37.9 Å². The quantitative estimate of drug-likeness (QED) is 0.0380. The molecule has 53 heavy (non-hydrogen) atoms. The van der Waals surface area contributed by atoms with Crippen LogP contribution in [0.15, 0.2) is 91.0 Å². The van der Waals surface area contributed by atoms with Gasteiger partial charge in [-0.15, -0.1) is 5.06 Å². The Morgan fingerprint density at radius 1 is 0.642 bits per heavy atom. The zero-order chi connectivity index (χ0) is 38.0. The summed E-state index contributed by atoms with van der Waals surface area (Å²) in [5.41, 5.74) is 1.75. The normalized spacial score (nSPS) is 14.7. The summed E-state index contributed by atoms with van der Waals surface area (Å²) >= 11 is 5.78. The minimum atomic E-state index is -3.01. The lowest BCUT2D eigenvalue weighted by Gasteiger charge is -2.36. The average Bonchev–Trinajstić information content (AvgIpc) is 3.46. The molecule has 2 amide bonds. The number of hydrogen-bond donors (Lipinski definition) is 0. The molecule has 0 N–H and O–H groups in total. The number of amides is 2. The molecule has 0 radical (unpaired) electrons. The van der Waals surface area contributed by atoms with Gasteiger partial charge in [-0.2, -0.15) is 0 Å². The van der Waals surface area contributed by atoms with Crippen molar-refractivity contribution in [1.29, 1.82) is 0 Å². The van der Waals surface area contributed by atoms with Gasteiger partial charge in [0.25, 0.3) is 11.8 Å². The maximum atomic E-state index is 11.9. The highest BCUT2D eigenvalue weighted by Crippen LogP contribution is 2.53. The molecule has 0 bridgehead atoms. The van der Waals surface area contributed by atoms with Gasteiger partial charge in [0.2, 0.25) is 0 Å². The fourth-order valence-electron chi connectivity index (χ4n) is 5.99. The number of ether oxygens (including phenoxy) is 2. The maximum Gasteiger partial charge on any atom is 0.333 e. The van der Waals surface area contributed by atoms with Crippen LogP contribution in [0.5, 0.6) is 0 Å². The molecule has 0 saturated carbocycles. The SMILES string of the molecule is CC(C)(C)OP(=S)(OCCCCCCCCCC(=O)ON1C(=O)CCC1=O)OCCOCCOC(c1ccccc1)(c1ccccc1)c1ccccc1. The van der Waals surface area contributed by atoms with E-state index in [1.807, 2.05) is 75.4 Å². The third-order valence-corrected chi connectivity index (χ3v) is 11.0. The summed E-state index contributed by atoms with van der Waals surface area (Å²) in [6.45, 7) is 4.44. The summed E-state index contributed by atoms with van der Waals surface area (Å²) in [6, 6.07) is 30.7. The van der Waals surface area contributed by atoms with E-state index in [0.717, 1.165) is 55.2 Å². The molecule has 1 saturated heterocycles. The Morgan fingerprint density at radius 2 is 1.09 bits per heavy atom. The molecule has 3 aromatic rings. The van der Waals surface area contributed by atoms with Gasteiger partial charge in [0, 0.05) is 19.3 Å². The van der Waals surface area contributed by atoms with Crippen LogP contribution in [0.2, 0.25) is 0 Å². The molecule has 288 valence electrons. The predicted molar refractivity (Wildman–Crippen MR) is 207 cm³/mol. The number of nitrogens with zero attached hydrogens (tertiary/aromatic N) is 1. The lowest BCUT2D eigenvalue weighted by atomic mass is 9.80. The zero-order valence-electron chi connectivity index (χ0n) is 31.2. The third kappa shape index (κ3) is 13.8. The minimum Gasteiger partial charge on any atom is -0.377 e. The first-order valence-corrected chi connectivity index (χ1v) is 21.1. The maximum absolute atomic E-state index is 11.9. The second-order valence-corrected chi connectivity index (χ2v) is 16.8. The van der Waals surface area contributed by atoms with Crippen LogP contribution in [0, 0.1) is 0 Å². The van der Waals surface area contributed by atoms with E-state index in [-0.39, 0.29) is 25.9 Å². The second kappa shape index (κ2) is 21.6. The van der Waals surface area contributed by atoms with Gasteiger partial charge in [-0.1, -0.05) is 123 Å². The van der Waals surface area contributed by atoms with Crippen LogP contribution in [0.1, 0.15) is 102 Å². The van der Waals surface area contributed by atoms with Gasteiger partial charge < -0.3 is 27.9 Å². The lowest BCUT2D eigenvalue weighted by Crippen LogP contribution is -2.34. The summed E-state index contributed by atoms with van der Waals surface area (Å²) in [4.78, 5) is 40.0. The van der Waals surface area contributed by atoms with Gasteiger partial charge in [-0.25, -0.2) is 4.79 Å². The molecule has 1 unspecified atom stereocenters. The Morgan fingerprint density at radius 3 is 1.60 bits per heavy atom. The molecule has 1 fully saturated rings. The van der Waals surface area contributed by atoms with Gasteiger partial charge >= 0.3 is 12.7 Å². The average molecular weight is 768 g/mol. The molecule has 4 rings (SSSR count). The van der Waals surface area contributed by atoms with Crippen LogP contribution in [-0.4, -0.2) is 61.5 Å². The van der Waals surface area contributed by atoms with Crippen LogP contribution >= 0.6 is 6.72 Å². The van der Waals surface area contributed by atoms with Crippen molar-refractivity contribution < 1.29 is 42.3 Å². The monoisotopic (exact) mass is 767 g/mol. The minimum absolute atomic E-state index is 0.0944. The van der Waals surface area contributed by atoms with Gasteiger partial charge in [0.05, 0.1) is 38.6 Å². The Bertz CT molecular complexity index is 1490. The molecule has 1 heterocycles. The van der Waals surface area contributed by atoms with E-state index in [1.54, 1.807) is 0 Å². The van der Waals surface area contributed by atoms with Crippen molar-refractivity contribution in [3.63, 3.8) is 0 Å². The van der Waals surface area contributed by atoms with Gasteiger partial charge in [-0.05, 0) is 62.1 Å². The summed E-state index contributed by atoms with van der Waals surface area (Å²) < 4.78 is 31.0. The molecular formula is C41H54NO9PS. The van der Waals surface area contributed by atoms with Crippen molar-refractivity contribution >= 4 is 36.3 Å². The van der Waals surface area contributed by atoms with E-state index in [9.17, 15) is 14.4 Å². The van der Waals surface area contributed by atoms with Crippen LogP contribution in [-0.2, 0) is 59.7 Å². The first-order valence-electron chi connectivity index (χ1n) is 18.6. The summed E-state index contributed by atoms with van der Waals surface area (Å²) in [5.74, 6) is -1.46. The number of hydroxylamine groups is 2. The topological polar surface area (TPSA) is 110 Å². The van der Waals surface area contributed by atoms with Gasteiger partial charge in [0.15, 0.2) is 0 Å². The van der Waals surface area contributed by atoms with Crippen LogP contribution in [0.3, 0.4) is 0 Å². The lowest BCUT2D eigenvalue weighted by molar-refractivity contribution is -0.197. The highest BCUT2D eigenvalue weighted by Gasteiger charge is 2.37. The van der Waals surface area contributed by atoms with Crippen molar-refractivity contribution in [2.24, 2.45) is 0 Å². The highest BCUT2D eigenvalue weighted by molar-refractivity contribution is 8.07.